The van der Waals surface area contributed by atoms with Crippen molar-refractivity contribution in [2.75, 3.05) is 5.32 Å². The highest BCUT2D eigenvalue weighted by molar-refractivity contribution is 6.06. The van der Waals surface area contributed by atoms with Gasteiger partial charge >= 0.3 is 0 Å². The summed E-state index contributed by atoms with van der Waals surface area (Å²) in [4.78, 5) is 31.0. The van der Waals surface area contributed by atoms with Gasteiger partial charge in [0.25, 0.3) is 5.91 Å². The number of amides is 2. The van der Waals surface area contributed by atoms with Crippen molar-refractivity contribution in [3.8, 4) is 11.6 Å². The maximum atomic E-state index is 12.2. The van der Waals surface area contributed by atoms with Crippen molar-refractivity contribution in [3.05, 3.63) is 60.8 Å². The normalized spacial score (nSPS) is 10.6. The Bertz CT molecular complexity index is 1010. The molecule has 0 spiro atoms. The summed E-state index contributed by atoms with van der Waals surface area (Å²) in [6.07, 6.45) is 2.83. The van der Waals surface area contributed by atoms with E-state index in [1.54, 1.807) is 42.6 Å². The molecule has 2 heterocycles. The molecule has 0 aliphatic rings. The molecule has 2 aromatic heterocycles. The number of hydrogen-bond acceptors (Lipinski definition) is 4. The van der Waals surface area contributed by atoms with E-state index in [1.165, 1.54) is 6.08 Å². The number of fused-ring (bicyclic) bond motifs is 1. The van der Waals surface area contributed by atoms with Gasteiger partial charge in [-0.3, -0.25) is 9.59 Å². The van der Waals surface area contributed by atoms with Crippen LogP contribution in [0.1, 0.15) is 24.2 Å². The van der Waals surface area contributed by atoms with E-state index in [2.05, 4.69) is 27.2 Å². The molecule has 3 N–H and O–H groups in total. The van der Waals surface area contributed by atoms with Gasteiger partial charge in [0.15, 0.2) is 0 Å². The molecule has 138 valence electrons. The minimum absolute atomic E-state index is 0.0480. The fourth-order valence-corrected chi connectivity index (χ4v) is 2.52. The first-order valence-corrected chi connectivity index (χ1v) is 8.46. The van der Waals surface area contributed by atoms with E-state index in [0.29, 0.717) is 33.9 Å². The first kappa shape index (κ1) is 18.2. The Kier molecular flexibility index (Phi) is 5.21. The summed E-state index contributed by atoms with van der Waals surface area (Å²) in [5.74, 6) is 0.433. The SMILES string of the molecule is C=CC(=O)Nc1cccc(Oc2ccc3c(C(=O)NC(C)C)c[nH]c3n2)c1. The van der Waals surface area contributed by atoms with Crippen LogP contribution in [-0.4, -0.2) is 27.8 Å². The van der Waals surface area contributed by atoms with Crippen molar-refractivity contribution >= 4 is 28.5 Å². The van der Waals surface area contributed by atoms with Crippen LogP contribution in [0.5, 0.6) is 11.6 Å². The van der Waals surface area contributed by atoms with Crippen LogP contribution in [0.4, 0.5) is 5.69 Å². The Labute approximate surface area is 156 Å². The van der Waals surface area contributed by atoms with E-state index < -0.39 is 0 Å². The molecular formula is C20H20N4O3. The van der Waals surface area contributed by atoms with Crippen molar-refractivity contribution in [1.82, 2.24) is 15.3 Å². The highest BCUT2D eigenvalue weighted by Gasteiger charge is 2.14. The monoisotopic (exact) mass is 364 g/mol. The number of anilines is 1. The molecule has 0 saturated heterocycles. The zero-order valence-corrected chi connectivity index (χ0v) is 15.1. The molecule has 3 aromatic rings. The first-order valence-electron chi connectivity index (χ1n) is 8.46. The van der Waals surface area contributed by atoms with Gasteiger partial charge in [0, 0.05) is 35.4 Å². The summed E-state index contributed by atoms with van der Waals surface area (Å²) in [5.41, 5.74) is 1.68. The van der Waals surface area contributed by atoms with Crippen molar-refractivity contribution in [1.29, 1.82) is 0 Å². The molecule has 7 heteroatoms. The van der Waals surface area contributed by atoms with Gasteiger partial charge in [-0.15, -0.1) is 0 Å². The molecule has 7 nitrogen and oxygen atoms in total. The molecule has 3 rings (SSSR count). The maximum absolute atomic E-state index is 12.2. The van der Waals surface area contributed by atoms with E-state index >= 15 is 0 Å². The number of ether oxygens (including phenoxy) is 1. The minimum atomic E-state index is -0.301. The summed E-state index contributed by atoms with van der Waals surface area (Å²) in [5, 5.41) is 6.24. The van der Waals surface area contributed by atoms with Crippen LogP contribution in [0.2, 0.25) is 0 Å². The third-order valence-electron chi connectivity index (χ3n) is 3.69. The van der Waals surface area contributed by atoms with Crippen LogP contribution in [0.25, 0.3) is 11.0 Å². The maximum Gasteiger partial charge on any atom is 0.253 e. The van der Waals surface area contributed by atoms with Gasteiger partial charge < -0.3 is 20.4 Å². The lowest BCUT2D eigenvalue weighted by molar-refractivity contribution is -0.111. The second-order valence-corrected chi connectivity index (χ2v) is 6.20. The van der Waals surface area contributed by atoms with Crippen molar-refractivity contribution < 1.29 is 14.3 Å². The van der Waals surface area contributed by atoms with Crippen LogP contribution in [0, 0.1) is 0 Å². The molecule has 2 amide bonds. The summed E-state index contributed by atoms with van der Waals surface area (Å²) >= 11 is 0. The van der Waals surface area contributed by atoms with Crippen LogP contribution < -0.4 is 15.4 Å². The Morgan fingerprint density at radius 2 is 2.07 bits per heavy atom. The van der Waals surface area contributed by atoms with E-state index in [4.69, 9.17) is 4.74 Å². The molecule has 0 atom stereocenters. The lowest BCUT2D eigenvalue weighted by atomic mass is 10.2. The number of H-pyrrole nitrogens is 1. The quantitative estimate of drug-likeness (QED) is 0.582. The Morgan fingerprint density at radius 3 is 2.81 bits per heavy atom. The molecule has 0 aliphatic heterocycles. The number of benzene rings is 1. The van der Waals surface area contributed by atoms with E-state index in [-0.39, 0.29) is 17.9 Å². The Balaban J connectivity index is 1.80. The Hall–Kier alpha value is -3.61. The number of hydrogen-bond donors (Lipinski definition) is 3. The molecule has 1 aromatic carbocycles. The highest BCUT2D eigenvalue weighted by Crippen LogP contribution is 2.25. The number of aromatic nitrogens is 2. The van der Waals surface area contributed by atoms with Crippen LogP contribution in [0.15, 0.2) is 55.3 Å². The predicted molar refractivity (Wildman–Crippen MR) is 104 cm³/mol. The largest absolute Gasteiger partial charge is 0.439 e. The van der Waals surface area contributed by atoms with E-state index in [1.807, 2.05) is 13.8 Å². The third kappa shape index (κ3) is 4.33. The fourth-order valence-electron chi connectivity index (χ4n) is 2.52. The molecule has 0 fully saturated rings. The lowest BCUT2D eigenvalue weighted by Gasteiger charge is -2.08. The van der Waals surface area contributed by atoms with Gasteiger partial charge in [0.05, 0.1) is 5.56 Å². The van der Waals surface area contributed by atoms with Crippen molar-refractivity contribution in [3.63, 3.8) is 0 Å². The summed E-state index contributed by atoms with van der Waals surface area (Å²) < 4.78 is 5.77. The molecule has 0 bridgehead atoms. The zero-order valence-electron chi connectivity index (χ0n) is 15.1. The average Bonchev–Trinajstić information content (AvgIpc) is 3.04. The van der Waals surface area contributed by atoms with Gasteiger partial charge in [0.1, 0.15) is 11.4 Å². The average molecular weight is 364 g/mol. The topological polar surface area (TPSA) is 96.1 Å². The Morgan fingerprint density at radius 1 is 1.26 bits per heavy atom. The van der Waals surface area contributed by atoms with Crippen LogP contribution in [0.3, 0.4) is 0 Å². The summed E-state index contributed by atoms with van der Waals surface area (Å²) in [6.45, 7) is 7.23. The second kappa shape index (κ2) is 7.74. The van der Waals surface area contributed by atoms with E-state index in [0.717, 1.165) is 0 Å². The summed E-state index contributed by atoms with van der Waals surface area (Å²) in [6, 6.07) is 10.5. The molecule has 0 aliphatic carbocycles. The third-order valence-corrected chi connectivity index (χ3v) is 3.69. The second-order valence-electron chi connectivity index (χ2n) is 6.20. The lowest BCUT2D eigenvalue weighted by Crippen LogP contribution is -2.29. The van der Waals surface area contributed by atoms with Crippen LogP contribution in [-0.2, 0) is 4.79 Å². The van der Waals surface area contributed by atoms with Gasteiger partial charge in [-0.05, 0) is 38.1 Å². The predicted octanol–water partition coefficient (Wildman–Crippen LogP) is 3.62. The van der Waals surface area contributed by atoms with Gasteiger partial charge in [-0.2, -0.15) is 4.98 Å². The first-order chi connectivity index (χ1) is 13.0. The number of aromatic amines is 1. The van der Waals surface area contributed by atoms with Gasteiger partial charge in [-0.1, -0.05) is 12.6 Å². The van der Waals surface area contributed by atoms with Crippen molar-refractivity contribution in [2.24, 2.45) is 0 Å². The number of carbonyl (C=O) groups excluding carboxylic acids is 2. The standard InChI is InChI=1S/C20H20N4O3/c1-4-17(25)23-13-6-5-7-14(10-13)27-18-9-8-15-16(11-21-19(15)24-18)20(26)22-12(2)3/h4-12H,1H2,2-3H3,(H,21,24)(H,22,26)(H,23,25). The number of nitrogens with zero attached hydrogens (tertiary/aromatic N) is 1. The van der Waals surface area contributed by atoms with E-state index in [9.17, 15) is 9.59 Å². The van der Waals surface area contributed by atoms with Gasteiger partial charge in [0.2, 0.25) is 11.8 Å². The van der Waals surface area contributed by atoms with Crippen molar-refractivity contribution in [2.45, 2.75) is 19.9 Å². The van der Waals surface area contributed by atoms with Crippen LogP contribution >= 0.6 is 0 Å². The molecule has 27 heavy (non-hydrogen) atoms. The number of carbonyl (C=O) groups is 2. The fraction of sp³-hybridized carbons (Fsp3) is 0.150. The summed E-state index contributed by atoms with van der Waals surface area (Å²) in [7, 11) is 0. The zero-order chi connectivity index (χ0) is 19.4. The molecule has 0 radical (unpaired) electrons. The molecular weight excluding hydrogens is 344 g/mol. The minimum Gasteiger partial charge on any atom is -0.439 e. The number of pyridine rings is 1. The molecule has 0 saturated carbocycles. The smallest absolute Gasteiger partial charge is 0.253 e. The van der Waals surface area contributed by atoms with Gasteiger partial charge in [-0.25, -0.2) is 0 Å². The highest BCUT2D eigenvalue weighted by atomic mass is 16.5. The number of rotatable bonds is 6. The molecule has 0 unspecified atom stereocenters. The number of nitrogens with one attached hydrogen (secondary N) is 3.